The normalized spacial score (nSPS) is 4.78. The fourth-order valence-electron chi connectivity index (χ4n) is 0. The molecule has 4 N–H and O–H groups in total. The Morgan fingerprint density at radius 2 is 1.44 bits per heavy atom. The van der Waals surface area contributed by atoms with Crippen LogP contribution >= 0.6 is 0 Å². The van der Waals surface area contributed by atoms with E-state index < -0.39 is 0 Å². The van der Waals surface area contributed by atoms with E-state index in [1.807, 2.05) is 13.8 Å². The van der Waals surface area contributed by atoms with Crippen molar-refractivity contribution in [2.24, 2.45) is 11.5 Å². The number of hydrogen-bond acceptors (Lipinski definition) is 2. The summed E-state index contributed by atoms with van der Waals surface area (Å²) in [6.45, 7) is 12.2. The van der Waals surface area contributed by atoms with E-state index in [1.165, 1.54) is 6.20 Å². The Balaban J connectivity index is -0.0000000646. The number of rotatable bonds is 0. The summed E-state index contributed by atoms with van der Waals surface area (Å²) in [6, 6.07) is 0. The molecule has 0 radical (unpaired) electrons. The second-order valence-corrected chi connectivity index (χ2v) is 1.08. The van der Waals surface area contributed by atoms with Crippen molar-refractivity contribution in [3.8, 4) is 0 Å². The van der Waals surface area contributed by atoms with Gasteiger partial charge in [-0.15, -0.1) is 0 Å². The Morgan fingerprint density at radius 3 is 1.44 bits per heavy atom. The van der Waals surface area contributed by atoms with Crippen molar-refractivity contribution in [3.63, 3.8) is 0 Å². The molecule has 0 aromatic rings. The van der Waals surface area contributed by atoms with E-state index >= 15 is 0 Å². The van der Waals surface area contributed by atoms with Crippen LogP contribution in [0.4, 0.5) is 0 Å². The van der Waals surface area contributed by atoms with E-state index in [-0.39, 0.29) is 0 Å². The molecule has 0 saturated carbocycles. The highest BCUT2D eigenvalue weighted by atomic mass is 14.5. The molecule has 0 atom stereocenters. The van der Waals surface area contributed by atoms with Gasteiger partial charge in [-0.3, -0.25) is 0 Å². The molecule has 0 aliphatic carbocycles. The van der Waals surface area contributed by atoms with Crippen LogP contribution in [0.5, 0.6) is 0 Å². The maximum absolute atomic E-state index is 4.92. The summed E-state index contributed by atoms with van der Waals surface area (Å²) in [5.41, 5.74) is 10.2. The fourth-order valence-corrected chi connectivity index (χ4v) is 0. The van der Waals surface area contributed by atoms with E-state index in [0.717, 1.165) is 0 Å². The van der Waals surface area contributed by atoms with Crippen molar-refractivity contribution in [1.82, 2.24) is 0 Å². The predicted octanol–water partition coefficient (Wildman–Crippen LogP) is 1.59. The van der Waals surface area contributed by atoms with Gasteiger partial charge in [-0.2, -0.15) is 0 Å². The molecule has 0 bridgehead atoms. The van der Waals surface area contributed by atoms with Gasteiger partial charge in [0.15, 0.2) is 0 Å². The molecule has 0 unspecified atom stereocenters. The van der Waals surface area contributed by atoms with Gasteiger partial charge in [-0.1, -0.05) is 27.0 Å². The van der Waals surface area contributed by atoms with Gasteiger partial charge >= 0.3 is 0 Å². The molecule has 0 heterocycles. The largest absolute Gasteiger partial charge is 0.405 e. The molecule has 0 amide bonds. The zero-order valence-electron chi connectivity index (χ0n) is 6.65. The van der Waals surface area contributed by atoms with Gasteiger partial charge < -0.3 is 11.5 Å². The Hall–Kier alpha value is -0.920. The fraction of sp³-hybridized carbons (Fsp3) is 0.429. The lowest BCUT2D eigenvalue weighted by molar-refractivity contribution is 1.34. The summed E-state index contributed by atoms with van der Waals surface area (Å²) in [5.74, 6) is 0. The van der Waals surface area contributed by atoms with Crippen molar-refractivity contribution >= 4 is 0 Å². The maximum atomic E-state index is 4.92. The van der Waals surface area contributed by atoms with Crippen LogP contribution in [-0.4, -0.2) is 0 Å². The van der Waals surface area contributed by atoms with Crippen LogP contribution in [0.25, 0.3) is 0 Å². The Kier molecular flexibility index (Phi) is 48.1. The van der Waals surface area contributed by atoms with E-state index in [4.69, 9.17) is 5.73 Å². The van der Waals surface area contributed by atoms with Gasteiger partial charge in [0.05, 0.1) is 0 Å². The van der Waals surface area contributed by atoms with Gasteiger partial charge in [-0.05, 0) is 18.8 Å². The van der Waals surface area contributed by atoms with Crippen LogP contribution in [0.15, 0.2) is 25.1 Å². The summed E-state index contributed by atoms with van der Waals surface area (Å²) >= 11 is 0. The Morgan fingerprint density at radius 1 is 1.44 bits per heavy atom. The Bertz CT molecular complexity index is 53.9. The minimum atomic E-state index is 0.667. The molecular weight excluding hydrogens is 112 g/mol. The topological polar surface area (TPSA) is 52.0 Å². The summed E-state index contributed by atoms with van der Waals surface area (Å²) < 4.78 is 0. The first-order chi connectivity index (χ1) is 4.15. The van der Waals surface area contributed by atoms with Gasteiger partial charge in [0.2, 0.25) is 0 Å². The molecular formula is C7H18N2. The lowest BCUT2D eigenvalue weighted by Gasteiger charge is -1.69. The lowest BCUT2D eigenvalue weighted by atomic mass is 10.6. The lowest BCUT2D eigenvalue weighted by Crippen LogP contribution is -1.83. The van der Waals surface area contributed by atoms with Crippen molar-refractivity contribution < 1.29 is 0 Å². The Labute approximate surface area is 58.2 Å². The molecule has 0 fully saturated rings. The highest BCUT2D eigenvalue weighted by molar-refractivity contribution is 4.76. The van der Waals surface area contributed by atoms with E-state index in [9.17, 15) is 0 Å². The van der Waals surface area contributed by atoms with Crippen molar-refractivity contribution in [1.29, 1.82) is 0 Å². The predicted molar refractivity (Wildman–Crippen MR) is 44.7 cm³/mol. The highest BCUT2D eigenvalue weighted by Gasteiger charge is 1.50. The molecule has 0 saturated heterocycles. The first kappa shape index (κ1) is 15.7. The molecule has 56 valence electrons. The van der Waals surface area contributed by atoms with E-state index in [0.29, 0.717) is 5.70 Å². The van der Waals surface area contributed by atoms with Crippen LogP contribution < -0.4 is 11.5 Å². The van der Waals surface area contributed by atoms with Gasteiger partial charge in [0.25, 0.3) is 0 Å². The summed E-state index contributed by atoms with van der Waals surface area (Å²) in [5, 5.41) is 0. The van der Waals surface area contributed by atoms with Crippen LogP contribution in [0.1, 0.15) is 20.8 Å². The van der Waals surface area contributed by atoms with Crippen LogP contribution in [0.3, 0.4) is 0 Å². The summed E-state index contributed by atoms with van der Waals surface area (Å²) in [6.07, 6.45) is 1.25. The highest BCUT2D eigenvalue weighted by Crippen LogP contribution is 1.58. The molecule has 2 heteroatoms. The average molecular weight is 130 g/mol. The van der Waals surface area contributed by atoms with E-state index in [2.05, 4.69) is 18.9 Å². The molecule has 0 spiro atoms. The standard InChI is InChI=1S/C3H7N.C2H5N.C2H6/c1-3(2)4;1-2-3;1-2/h1,4H2,2H3;2H,1,3H2;1-2H3. The number of hydrogen-bond donors (Lipinski definition) is 2. The van der Waals surface area contributed by atoms with Gasteiger partial charge in [-0.25, -0.2) is 0 Å². The summed E-state index contributed by atoms with van der Waals surface area (Å²) in [7, 11) is 0. The van der Waals surface area contributed by atoms with Crippen molar-refractivity contribution in [3.05, 3.63) is 25.1 Å². The molecule has 9 heavy (non-hydrogen) atoms. The number of nitrogens with two attached hydrogens (primary N) is 2. The smallest absolute Gasteiger partial charge is 0.00242 e. The summed E-state index contributed by atoms with van der Waals surface area (Å²) in [4.78, 5) is 0. The zero-order chi connectivity index (χ0) is 8.28. The number of allylic oxidation sites excluding steroid dienone is 1. The first-order valence-electron chi connectivity index (χ1n) is 2.88. The molecule has 0 aromatic carbocycles. The van der Waals surface area contributed by atoms with E-state index in [1.54, 1.807) is 6.92 Å². The third kappa shape index (κ3) is 216. The third-order valence-corrected chi connectivity index (χ3v) is 0. The first-order valence-corrected chi connectivity index (χ1v) is 2.88. The second kappa shape index (κ2) is 27.6. The molecule has 0 aromatic heterocycles. The van der Waals surface area contributed by atoms with Crippen LogP contribution in [0, 0.1) is 0 Å². The average Bonchev–Trinajstić information content (AvgIpc) is 1.71. The third-order valence-electron chi connectivity index (χ3n) is 0. The van der Waals surface area contributed by atoms with Gasteiger partial charge in [0.1, 0.15) is 0 Å². The molecule has 0 aliphatic heterocycles. The van der Waals surface area contributed by atoms with Crippen LogP contribution in [0.2, 0.25) is 0 Å². The van der Waals surface area contributed by atoms with Gasteiger partial charge in [0, 0.05) is 0 Å². The van der Waals surface area contributed by atoms with Crippen molar-refractivity contribution in [2.45, 2.75) is 20.8 Å². The quantitative estimate of drug-likeness (QED) is 0.523. The zero-order valence-corrected chi connectivity index (χ0v) is 6.65. The minimum Gasteiger partial charge on any atom is -0.405 e. The maximum Gasteiger partial charge on any atom is -0.00242 e. The molecule has 0 aliphatic rings. The monoisotopic (exact) mass is 130 g/mol. The SMILES string of the molecule is C=C(C)N.C=CN.CC. The van der Waals surface area contributed by atoms with Crippen molar-refractivity contribution in [2.75, 3.05) is 0 Å². The van der Waals surface area contributed by atoms with Crippen LogP contribution in [-0.2, 0) is 0 Å². The minimum absolute atomic E-state index is 0.667. The molecule has 2 nitrogen and oxygen atoms in total. The molecule has 0 rings (SSSR count). The second-order valence-electron chi connectivity index (χ2n) is 1.08.